The summed E-state index contributed by atoms with van der Waals surface area (Å²) >= 11 is 0. The fraction of sp³-hybridized carbons (Fsp3) is 0.389. The lowest BCUT2D eigenvalue weighted by molar-refractivity contribution is -0.0536. The zero-order chi connectivity index (χ0) is 16.7. The summed E-state index contributed by atoms with van der Waals surface area (Å²) in [7, 11) is 1.65. The molecule has 4 rings (SSSR count). The van der Waals surface area contributed by atoms with Crippen LogP contribution in [0.2, 0.25) is 0 Å². The molecule has 0 unspecified atom stereocenters. The normalized spacial score (nSPS) is 21.8. The topological polar surface area (TPSA) is 34.6 Å². The van der Waals surface area contributed by atoms with Crippen molar-refractivity contribution in [3.63, 3.8) is 0 Å². The lowest BCUT2D eigenvalue weighted by Crippen LogP contribution is -2.37. The van der Waals surface area contributed by atoms with E-state index in [1.807, 2.05) is 30.3 Å². The van der Waals surface area contributed by atoms with Gasteiger partial charge in [0.15, 0.2) is 0 Å². The third kappa shape index (κ3) is 2.46. The van der Waals surface area contributed by atoms with Crippen LogP contribution in [0.25, 0.3) is 0 Å². The number of rotatable bonds is 4. The van der Waals surface area contributed by atoms with Gasteiger partial charge in [-0.2, -0.15) is 8.78 Å². The Morgan fingerprint density at radius 3 is 2.67 bits per heavy atom. The van der Waals surface area contributed by atoms with E-state index in [0.717, 1.165) is 35.4 Å². The van der Waals surface area contributed by atoms with Crippen LogP contribution >= 0.6 is 0 Å². The summed E-state index contributed by atoms with van der Waals surface area (Å²) in [6, 6.07) is 10.4. The Kier molecular flexibility index (Phi) is 3.75. The molecule has 0 aliphatic carbocycles. The van der Waals surface area contributed by atoms with Crippen LogP contribution in [0.3, 0.4) is 0 Å². The molecule has 2 bridgehead atoms. The van der Waals surface area contributed by atoms with E-state index in [4.69, 9.17) is 4.74 Å². The largest absolute Gasteiger partial charge is 0.497 e. The van der Waals surface area contributed by atoms with Gasteiger partial charge in [-0.05, 0) is 55.2 Å². The molecule has 1 aromatic heterocycles. The Hall–Kier alpha value is -2.37. The molecule has 2 atom stereocenters. The van der Waals surface area contributed by atoms with Crippen molar-refractivity contribution in [2.45, 2.75) is 38.0 Å². The fourth-order valence-corrected chi connectivity index (χ4v) is 3.96. The van der Waals surface area contributed by atoms with Crippen molar-refractivity contribution < 1.29 is 18.3 Å². The molecule has 0 N–H and O–H groups in total. The molecule has 3 heterocycles. The summed E-state index contributed by atoms with van der Waals surface area (Å²) in [6.45, 7) is -2.85. The average molecular weight is 332 g/mol. The summed E-state index contributed by atoms with van der Waals surface area (Å²) in [6.07, 6.45) is 4.26. The molecule has 0 spiro atoms. The van der Waals surface area contributed by atoms with E-state index in [9.17, 15) is 8.78 Å². The fourth-order valence-electron chi connectivity index (χ4n) is 3.96. The molecule has 4 nitrogen and oxygen atoms in total. The van der Waals surface area contributed by atoms with Crippen LogP contribution in [-0.2, 0) is 6.42 Å². The van der Waals surface area contributed by atoms with Crippen LogP contribution in [0.1, 0.15) is 30.0 Å². The molecular weight excluding hydrogens is 314 g/mol. The van der Waals surface area contributed by atoms with Gasteiger partial charge in [0.1, 0.15) is 5.75 Å². The van der Waals surface area contributed by atoms with E-state index in [2.05, 4.69) is 14.6 Å². The van der Waals surface area contributed by atoms with Gasteiger partial charge in [-0.1, -0.05) is 0 Å². The van der Waals surface area contributed by atoms with Crippen LogP contribution in [0.4, 0.5) is 14.5 Å². The van der Waals surface area contributed by atoms with Crippen molar-refractivity contribution >= 4 is 5.69 Å². The molecule has 1 saturated heterocycles. The maximum atomic E-state index is 12.6. The van der Waals surface area contributed by atoms with E-state index in [1.54, 1.807) is 13.3 Å². The highest BCUT2D eigenvalue weighted by Gasteiger charge is 2.41. The van der Waals surface area contributed by atoms with Gasteiger partial charge in [0, 0.05) is 23.5 Å². The number of hydrogen-bond donors (Lipinski definition) is 0. The van der Waals surface area contributed by atoms with Crippen LogP contribution in [-0.4, -0.2) is 24.7 Å². The van der Waals surface area contributed by atoms with E-state index >= 15 is 0 Å². The molecule has 0 saturated carbocycles. The Bertz CT molecular complexity index is 736. The van der Waals surface area contributed by atoms with Gasteiger partial charge in [0.05, 0.1) is 13.2 Å². The second-order valence-electron chi connectivity index (χ2n) is 6.12. The van der Waals surface area contributed by atoms with Crippen molar-refractivity contribution in [3.05, 3.63) is 47.7 Å². The first-order valence-corrected chi connectivity index (χ1v) is 8.02. The van der Waals surface area contributed by atoms with Crippen molar-refractivity contribution in [2.24, 2.45) is 0 Å². The summed E-state index contributed by atoms with van der Waals surface area (Å²) in [5.74, 6) is 0.897. The number of alkyl halides is 2. The van der Waals surface area contributed by atoms with E-state index in [1.165, 1.54) is 0 Å². The predicted octanol–water partition coefficient (Wildman–Crippen LogP) is 3.96. The van der Waals surface area contributed by atoms with E-state index in [0.29, 0.717) is 6.42 Å². The Morgan fingerprint density at radius 2 is 1.96 bits per heavy atom. The maximum Gasteiger partial charge on any atom is 0.388 e. The second kappa shape index (κ2) is 5.92. The van der Waals surface area contributed by atoms with Gasteiger partial charge in [0.2, 0.25) is 5.88 Å². The number of fused-ring (bicyclic) bond motifs is 4. The molecule has 2 aromatic rings. The first-order valence-electron chi connectivity index (χ1n) is 8.02. The second-order valence-corrected chi connectivity index (χ2v) is 6.12. The number of aromatic nitrogens is 1. The zero-order valence-corrected chi connectivity index (χ0v) is 13.3. The standard InChI is InChI=1S/C18H18F2N2O2/c1-23-13-5-2-11(3-6-13)22-12-4-7-16(22)14-8-9-21-17(15(14)10-12)24-18(19)20/h2-3,5-6,8-9,12,16,18H,4,7,10H2,1H3/t12-,16+/m0/s1. The van der Waals surface area contributed by atoms with Gasteiger partial charge in [-0.25, -0.2) is 4.98 Å². The first-order chi connectivity index (χ1) is 11.7. The van der Waals surface area contributed by atoms with Crippen LogP contribution in [0.5, 0.6) is 11.6 Å². The van der Waals surface area contributed by atoms with Crippen LogP contribution in [0.15, 0.2) is 36.5 Å². The van der Waals surface area contributed by atoms with E-state index in [-0.39, 0.29) is 18.0 Å². The summed E-state index contributed by atoms with van der Waals surface area (Å²) in [5.41, 5.74) is 3.00. The van der Waals surface area contributed by atoms with Crippen molar-refractivity contribution in [1.82, 2.24) is 4.98 Å². The van der Waals surface area contributed by atoms with E-state index < -0.39 is 6.61 Å². The Labute approximate surface area is 139 Å². The molecule has 0 amide bonds. The molecule has 0 radical (unpaired) electrons. The predicted molar refractivity (Wildman–Crippen MR) is 85.8 cm³/mol. The number of halogens is 2. The lowest BCUT2D eigenvalue weighted by Gasteiger charge is -2.38. The summed E-state index contributed by atoms with van der Waals surface area (Å²) in [4.78, 5) is 6.39. The van der Waals surface area contributed by atoms with Crippen molar-refractivity contribution in [2.75, 3.05) is 12.0 Å². The molecule has 2 aliphatic heterocycles. The number of benzene rings is 1. The van der Waals surface area contributed by atoms with Crippen molar-refractivity contribution in [3.8, 4) is 11.6 Å². The molecule has 6 heteroatoms. The van der Waals surface area contributed by atoms with Crippen LogP contribution in [0, 0.1) is 0 Å². The maximum absolute atomic E-state index is 12.6. The molecule has 2 aliphatic rings. The number of ether oxygens (including phenoxy) is 2. The average Bonchev–Trinajstić information content (AvgIpc) is 2.90. The lowest BCUT2D eigenvalue weighted by atomic mass is 9.94. The number of nitrogens with zero attached hydrogens (tertiary/aromatic N) is 2. The molecule has 1 aromatic carbocycles. The first kappa shape index (κ1) is 15.2. The van der Waals surface area contributed by atoms with Gasteiger partial charge in [-0.15, -0.1) is 0 Å². The van der Waals surface area contributed by atoms with Gasteiger partial charge in [-0.3, -0.25) is 0 Å². The van der Waals surface area contributed by atoms with Gasteiger partial charge >= 0.3 is 6.61 Å². The number of methoxy groups -OCH3 is 1. The molecular formula is C18H18F2N2O2. The highest BCUT2D eigenvalue weighted by Crippen LogP contribution is 2.48. The number of anilines is 1. The highest BCUT2D eigenvalue weighted by atomic mass is 19.3. The third-order valence-electron chi connectivity index (χ3n) is 4.93. The molecule has 1 fully saturated rings. The Morgan fingerprint density at radius 1 is 1.17 bits per heavy atom. The van der Waals surface area contributed by atoms with Gasteiger partial charge < -0.3 is 14.4 Å². The minimum Gasteiger partial charge on any atom is -0.497 e. The zero-order valence-electron chi connectivity index (χ0n) is 13.3. The summed E-state index contributed by atoms with van der Waals surface area (Å²) < 4.78 is 35.1. The number of hydrogen-bond acceptors (Lipinski definition) is 4. The highest BCUT2D eigenvalue weighted by molar-refractivity contribution is 5.57. The minimum atomic E-state index is -2.85. The summed E-state index contributed by atoms with van der Waals surface area (Å²) in [5, 5.41) is 0. The minimum absolute atomic E-state index is 0.0776. The van der Waals surface area contributed by atoms with Gasteiger partial charge in [0.25, 0.3) is 0 Å². The molecule has 24 heavy (non-hydrogen) atoms. The quantitative estimate of drug-likeness (QED) is 0.849. The smallest absolute Gasteiger partial charge is 0.388 e. The molecule has 126 valence electrons. The van der Waals surface area contributed by atoms with Crippen LogP contribution < -0.4 is 14.4 Å². The number of pyridine rings is 1. The monoisotopic (exact) mass is 332 g/mol. The van der Waals surface area contributed by atoms with Crippen molar-refractivity contribution in [1.29, 1.82) is 0 Å². The Balaban J connectivity index is 1.70. The SMILES string of the molecule is COc1ccc(N2[C@H]3CC[C@@H]2c2ccnc(OC(F)F)c2C3)cc1. The third-order valence-corrected chi connectivity index (χ3v) is 4.93.